The van der Waals surface area contributed by atoms with E-state index in [1.807, 2.05) is 6.07 Å². The lowest BCUT2D eigenvalue weighted by Gasteiger charge is -2.21. The van der Waals surface area contributed by atoms with Gasteiger partial charge in [0.2, 0.25) is 0 Å². The highest BCUT2D eigenvalue weighted by Crippen LogP contribution is 2.28. The van der Waals surface area contributed by atoms with Gasteiger partial charge < -0.3 is 14.5 Å². The fourth-order valence-corrected chi connectivity index (χ4v) is 2.63. The normalized spacial score (nSPS) is 9.97. The van der Waals surface area contributed by atoms with Crippen LogP contribution in [0.1, 0.15) is 16.8 Å². The topological polar surface area (TPSA) is 117 Å². The molecule has 0 bridgehead atoms. The number of para-hydroxylation sites is 1. The first-order valence-electron chi connectivity index (χ1n) is 8.70. The molecule has 0 aliphatic heterocycles. The van der Waals surface area contributed by atoms with E-state index in [0.717, 1.165) is 6.07 Å². The molecule has 0 saturated heterocycles. The van der Waals surface area contributed by atoms with Gasteiger partial charge in [-0.1, -0.05) is 18.2 Å². The predicted octanol–water partition coefficient (Wildman–Crippen LogP) is 2.76. The molecule has 0 fully saturated rings. The van der Waals surface area contributed by atoms with E-state index in [0.29, 0.717) is 11.4 Å². The standard InChI is InChI=1S/C20H20N4O5/c1-22(2)17-10-9-15(13-18(17)24(27)28)20(26)29-14-19(25)23(12-6-11-21)16-7-4-3-5-8-16/h3-5,7-10,13H,6,12,14H2,1-2H3. The summed E-state index contributed by atoms with van der Waals surface area (Å²) in [5.74, 6) is -1.35. The van der Waals surface area contributed by atoms with E-state index >= 15 is 0 Å². The van der Waals surface area contributed by atoms with Gasteiger partial charge >= 0.3 is 5.97 Å². The van der Waals surface area contributed by atoms with Gasteiger partial charge in [0.1, 0.15) is 5.69 Å². The number of ether oxygens (including phenoxy) is 1. The molecule has 150 valence electrons. The van der Waals surface area contributed by atoms with E-state index in [1.165, 1.54) is 17.0 Å². The van der Waals surface area contributed by atoms with Crippen molar-refractivity contribution in [1.82, 2.24) is 0 Å². The number of carbonyl (C=O) groups is 2. The molecule has 1 amide bonds. The first-order chi connectivity index (χ1) is 13.8. The molecular weight excluding hydrogens is 376 g/mol. The maximum atomic E-state index is 12.5. The van der Waals surface area contributed by atoms with Crippen molar-refractivity contribution in [2.24, 2.45) is 0 Å². The summed E-state index contributed by atoms with van der Waals surface area (Å²) < 4.78 is 5.06. The molecule has 0 spiro atoms. The Morgan fingerprint density at radius 1 is 1.17 bits per heavy atom. The molecule has 0 aliphatic carbocycles. The summed E-state index contributed by atoms with van der Waals surface area (Å²) >= 11 is 0. The van der Waals surface area contributed by atoms with E-state index in [2.05, 4.69) is 0 Å². The van der Waals surface area contributed by atoms with Crippen molar-refractivity contribution in [3.8, 4) is 6.07 Å². The Kier molecular flexibility index (Phi) is 7.26. The monoisotopic (exact) mass is 396 g/mol. The maximum absolute atomic E-state index is 12.5. The molecule has 0 heterocycles. The fourth-order valence-electron chi connectivity index (χ4n) is 2.63. The summed E-state index contributed by atoms with van der Waals surface area (Å²) in [4.78, 5) is 38.4. The first-order valence-corrected chi connectivity index (χ1v) is 8.70. The van der Waals surface area contributed by atoms with Crippen molar-refractivity contribution < 1.29 is 19.2 Å². The van der Waals surface area contributed by atoms with E-state index in [4.69, 9.17) is 10.00 Å². The Balaban J connectivity index is 2.12. The quantitative estimate of drug-likeness (QED) is 0.382. The zero-order valence-electron chi connectivity index (χ0n) is 16.1. The second kappa shape index (κ2) is 9.85. The molecule has 0 unspecified atom stereocenters. The highest BCUT2D eigenvalue weighted by molar-refractivity contribution is 5.97. The molecule has 9 nitrogen and oxygen atoms in total. The molecule has 0 radical (unpaired) electrons. The molecular formula is C20H20N4O5. The van der Waals surface area contributed by atoms with Crippen LogP contribution in [0.4, 0.5) is 17.1 Å². The van der Waals surface area contributed by atoms with Crippen molar-refractivity contribution in [3.05, 3.63) is 64.2 Å². The third-order valence-electron chi connectivity index (χ3n) is 4.03. The lowest BCUT2D eigenvalue weighted by Crippen LogP contribution is -2.35. The number of benzene rings is 2. The number of amides is 1. The number of hydrogen-bond acceptors (Lipinski definition) is 7. The van der Waals surface area contributed by atoms with Crippen molar-refractivity contribution in [3.63, 3.8) is 0 Å². The van der Waals surface area contributed by atoms with Crippen LogP contribution in [0.3, 0.4) is 0 Å². The highest BCUT2D eigenvalue weighted by Gasteiger charge is 2.21. The smallest absolute Gasteiger partial charge is 0.338 e. The number of esters is 1. The van der Waals surface area contributed by atoms with Crippen LogP contribution in [-0.2, 0) is 9.53 Å². The van der Waals surface area contributed by atoms with Crippen molar-refractivity contribution in [2.75, 3.05) is 37.0 Å². The SMILES string of the molecule is CN(C)c1ccc(C(=O)OCC(=O)N(CCC#N)c2ccccc2)cc1[N+](=O)[O-]. The van der Waals surface area contributed by atoms with Gasteiger partial charge in [-0.2, -0.15) is 5.26 Å². The molecule has 2 aromatic carbocycles. The molecule has 0 saturated carbocycles. The van der Waals surface area contributed by atoms with Gasteiger partial charge in [0.05, 0.1) is 23.0 Å². The molecule has 2 rings (SSSR count). The van der Waals surface area contributed by atoms with E-state index in [9.17, 15) is 19.7 Å². The number of nitro groups is 1. The molecule has 0 aliphatic rings. The van der Waals surface area contributed by atoms with Crippen LogP contribution < -0.4 is 9.80 Å². The molecule has 2 aromatic rings. The summed E-state index contributed by atoms with van der Waals surface area (Å²) in [6.07, 6.45) is 0.118. The lowest BCUT2D eigenvalue weighted by atomic mass is 10.1. The Morgan fingerprint density at radius 3 is 2.45 bits per heavy atom. The minimum Gasteiger partial charge on any atom is -0.452 e. The Bertz CT molecular complexity index is 938. The van der Waals surface area contributed by atoms with Crippen molar-refractivity contribution in [2.45, 2.75) is 6.42 Å². The number of anilines is 2. The van der Waals surface area contributed by atoms with Crippen molar-refractivity contribution in [1.29, 1.82) is 5.26 Å². The number of nitrogens with zero attached hydrogens (tertiary/aromatic N) is 4. The van der Waals surface area contributed by atoms with Crippen LogP contribution in [-0.4, -0.2) is 44.0 Å². The number of rotatable bonds is 8. The van der Waals surface area contributed by atoms with E-state index in [-0.39, 0.29) is 24.2 Å². The number of carbonyl (C=O) groups excluding carboxylic acids is 2. The average Bonchev–Trinajstić information content (AvgIpc) is 2.72. The summed E-state index contributed by atoms with van der Waals surface area (Å²) in [5.41, 5.74) is 0.651. The first kappa shape index (κ1) is 21.4. The molecule has 0 aromatic heterocycles. The van der Waals surface area contributed by atoms with Gasteiger partial charge in [0.25, 0.3) is 11.6 Å². The molecule has 9 heteroatoms. The zero-order valence-corrected chi connectivity index (χ0v) is 16.1. The van der Waals surface area contributed by atoms with Gasteiger partial charge in [0.15, 0.2) is 6.61 Å². The second-order valence-electron chi connectivity index (χ2n) is 6.22. The lowest BCUT2D eigenvalue weighted by molar-refractivity contribution is -0.384. The van der Waals surface area contributed by atoms with Gasteiger partial charge in [0, 0.05) is 32.4 Å². The fraction of sp³-hybridized carbons (Fsp3) is 0.250. The Hall–Kier alpha value is -3.93. The van der Waals surface area contributed by atoms with Crippen LogP contribution in [0.2, 0.25) is 0 Å². The number of nitriles is 1. The number of nitro benzene ring substituents is 1. The second-order valence-corrected chi connectivity index (χ2v) is 6.22. The van der Waals surface area contributed by atoms with E-state index < -0.39 is 23.4 Å². The summed E-state index contributed by atoms with van der Waals surface area (Å²) in [7, 11) is 3.30. The van der Waals surface area contributed by atoms with Gasteiger partial charge in [-0.25, -0.2) is 4.79 Å². The summed E-state index contributed by atoms with van der Waals surface area (Å²) in [6.45, 7) is -0.401. The Morgan fingerprint density at radius 2 is 1.86 bits per heavy atom. The average molecular weight is 396 g/mol. The summed E-state index contributed by atoms with van der Waals surface area (Å²) in [6, 6.07) is 14.6. The van der Waals surface area contributed by atoms with Crippen molar-refractivity contribution >= 4 is 28.9 Å². The third kappa shape index (κ3) is 5.52. The minimum atomic E-state index is -0.847. The predicted molar refractivity (Wildman–Crippen MR) is 107 cm³/mol. The molecule has 0 atom stereocenters. The third-order valence-corrected chi connectivity index (χ3v) is 4.03. The molecule has 29 heavy (non-hydrogen) atoms. The minimum absolute atomic E-state index is 0.0293. The number of hydrogen-bond donors (Lipinski definition) is 0. The largest absolute Gasteiger partial charge is 0.452 e. The van der Waals surface area contributed by atoms with Crippen LogP contribution in [0, 0.1) is 21.4 Å². The molecule has 0 N–H and O–H groups in total. The van der Waals surface area contributed by atoms with E-state index in [1.54, 1.807) is 49.3 Å². The highest BCUT2D eigenvalue weighted by atomic mass is 16.6. The van der Waals surface area contributed by atoms with Crippen LogP contribution in [0.15, 0.2) is 48.5 Å². The van der Waals surface area contributed by atoms with Gasteiger partial charge in [-0.15, -0.1) is 0 Å². The summed E-state index contributed by atoms with van der Waals surface area (Å²) in [5, 5.41) is 20.1. The van der Waals surface area contributed by atoms with Gasteiger partial charge in [-0.3, -0.25) is 14.9 Å². The van der Waals surface area contributed by atoms with Crippen LogP contribution >= 0.6 is 0 Å². The van der Waals surface area contributed by atoms with Crippen LogP contribution in [0.25, 0.3) is 0 Å². The zero-order chi connectivity index (χ0) is 21.4. The van der Waals surface area contributed by atoms with Crippen LogP contribution in [0.5, 0.6) is 0 Å². The van der Waals surface area contributed by atoms with Gasteiger partial charge in [-0.05, 0) is 24.3 Å². The maximum Gasteiger partial charge on any atom is 0.338 e. The Labute approximate surface area is 167 Å².